The topological polar surface area (TPSA) is 91.8 Å². The van der Waals surface area contributed by atoms with Crippen molar-refractivity contribution in [1.82, 2.24) is 20.2 Å². The number of benzene rings is 1. The first kappa shape index (κ1) is 15.0. The summed E-state index contributed by atoms with van der Waals surface area (Å²) < 4.78 is 13.6. The number of carbonyl (C=O) groups is 1. The molecule has 3 aromatic rings. The second-order valence-corrected chi connectivity index (χ2v) is 5.49. The first-order valence-electron chi connectivity index (χ1n) is 6.62. The van der Waals surface area contributed by atoms with Crippen LogP contribution >= 0.6 is 11.3 Å². The van der Waals surface area contributed by atoms with Gasteiger partial charge < -0.3 is 5.11 Å². The summed E-state index contributed by atoms with van der Waals surface area (Å²) in [5, 5.41) is 17.7. The Morgan fingerprint density at radius 3 is 2.96 bits per heavy atom. The molecule has 0 unspecified atom stereocenters. The number of nitrogens with zero attached hydrogens (tertiary/aromatic N) is 3. The molecule has 2 aromatic heterocycles. The number of aliphatic hydroxyl groups excluding tert-OH is 1. The SMILES string of the molecule is O=C(C=C(O)c1nc[nH]n1)c1nc(Cc2ccccc2F)cs1. The third-order valence-corrected chi connectivity index (χ3v) is 3.91. The lowest BCUT2D eigenvalue weighted by Crippen LogP contribution is -1.98. The zero-order valence-electron chi connectivity index (χ0n) is 11.7. The molecule has 0 radical (unpaired) electrons. The van der Waals surface area contributed by atoms with Gasteiger partial charge in [-0.15, -0.1) is 11.3 Å². The minimum Gasteiger partial charge on any atom is -0.504 e. The van der Waals surface area contributed by atoms with Gasteiger partial charge in [0, 0.05) is 17.9 Å². The van der Waals surface area contributed by atoms with Crippen molar-refractivity contribution in [2.75, 3.05) is 0 Å². The van der Waals surface area contributed by atoms with Crippen LogP contribution in [0.25, 0.3) is 5.76 Å². The van der Waals surface area contributed by atoms with Gasteiger partial charge in [0.2, 0.25) is 11.6 Å². The highest BCUT2D eigenvalue weighted by Crippen LogP contribution is 2.17. The number of H-pyrrole nitrogens is 1. The van der Waals surface area contributed by atoms with Gasteiger partial charge in [0.25, 0.3) is 0 Å². The number of aliphatic hydroxyl groups is 1. The molecule has 0 spiro atoms. The van der Waals surface area contributed by atoms with Gasteiger partial charge in [-0.25, -0.2) is 14.4 Å². The Kier molecular flexibility index (Phi) is 4.24. The highest BCUT2D eigenvalue weighted by molar-refractivity contribution is 7.11. The Bertz CT molecular complexity index is 858. The molecule has 0 amide bonds. The Hall–Kier alpha value is -2.87. The van der Waals surface area contributed by atoms with Gasteiger partial charge in [0.05, 0.1) is 5.69 Å². The maximum absolute atomic E-state index is 13.6. The molecule has 0 aliphatic heterocycles. The third-order valence-electron chi connectivity index (χ3n) is 3.00. The normalized spacial score (nSPS) is 11.6. The van der Waals surface area contributed by atoms with Crippen LogP contribution in [0.5, 0.6) is 0 Å². The highest BCUT2D eigenvalue weighted by atomic mass is 32.1. The number of halogens is 1. The van der Waals surface area contributed by atoms with Crippen molar-refractivity contribution in [1.29, 1.82) is 0 Å². The monoisotopic (exact) mass is 330 g/mol. The number of thiazole rings is 1. The van der Waals surface area contributed by atoms with Gasteiger partial charge in [-0.2, -0.15) is 5.10 Å². The number of hydrogen-bond acceptors (Lipinski definition) is 6. The van der Waals surface area contributed by atoms with Gasteiger partial charge in [-0.05, 0) is 11.6 Å². The molecule has 8 heteroatoms. The average Bonchev–Trinajstić information content (AvgIpc) is 3.21. The van der Waals surface area contributed by atoms with Crippen LogP contribution in [0.1, 0.15) is 26.9 Å². The van der Waals surface area contributed by atoms with Crippen LogP contribution in [-0.2, 0) is 6.42 Å². The van der Waals surface area contributed by atoms with Crippen LogP contribution in [-0.4, -0.2) is 31.1 Å². The molecule has 0 fully saturated rings. The van der Waals surface area contributed by atoms with E-state index < -0.39 is 5.78 Å². The lowest BCUT2D eigenvalue weighted by atomic mass is 10.1. The number of rotatable bonds is 5. The maximum atomic E-state index is 13.6. The smallest absolute Gasteiger partial charge is 0.218 e. The van der Waals surface area contributed by atoms with E-state index in [0.29, 0.717) is 17.7 Å². The Morgan fingerprint density at radius 2 is 2.22 bits per heavy atom. The molecule has 0 bridgehead atoms. The molecule has 0 atom stereocenters. The van der Waals surface area contributed by atoms with Crippen LogP contribution in [0, 0.1) is 5.82 Å². The zero-order chi connectivity index (χ0) is 16.2. The van der Waals surface area contributed by atoms with Gasteiger partial charge in [0.1, 0.15) is 12.1 Å². The van der Waals surface area contributed by atoms with E-state index in [-0.39, 0.29) is 22.4 Å². The second kappa shape index (κ2) is 6.49. The summed E-state index contributed by atoms with van der Waals surface area (Å²) in [7, 11) is 0. The molecule has 0 saturated carbocycles. The molecule has 23 heavy (non-hydrogen) atoms. The number of ketones is 1. The summed E-state index contributed by atoms with van der Waals surface area (Å²) in [4.78, 5) is 20.0. The number of nitrogens with one attached hydrogen (secondary N) is 1. The fourth-order valence-electron chi connectivity index (χ4n) is 1.92. The van der Waals surface area contributed by atoms with Gasteiger partial charge in [-0.3, -0.25) is 9.89 Å². The number of aromatic nitrogens is 4. The zero-order valence-corrected chi connectivity index (χ0v) is 12.5. The van der Waals surface area contributed by atoms with Crippen LogP contribution in [0.4, 0.5) is 4.39 Å². The molecule has 2 heterocycles. The van der Waals surface area contributed by atoms with Crippen LogP contribution in [0.2, 0.25) is 0 Å². The van der Waals surface area contributed by atoms with E-state index in [4.69, 9.17) is 0 Å². The second-order valence-electron chi connectivity index (χ2n) is 4.63. The Balaban J connectivity index is 1.75. The van der Waals surface area contributed by atoms with E-state index in [9.17, 15) is 14.3 Å². The van der Waals surface area contributed by atoms with Crippen molar-refractivity contribution < 1.29 is 14.3 Å². The largest absolute Gasteiger partial charge is 0.504 e. The van der Waals surface area contributed by atoms with Gasteiger partial charge in [-0.1, -0.05) is 18.2 Å². The predicted octanol–water partition coefficient (Wildman–Crippen LogP) is 2.77. The first-order chi connectivity index (χ1) is 11.1. The van der Waals surface area contributed by atoms with Crippen LogP contribution < -0.4 is 0 Å². The number of hydrogen-bond donors (Lipinski definition) is 2. The number of carbonyl (C=O) groups excluding carboxylic acids is 1. The minimum absolute atomic E-state index is 0.0292. The van der Waals surface area contributed by atoms with E-state index in [1.54, 1.807) is 23.6 Å². The summed E-state index contributed by atoms with van der Waals surface area (Å²) in [6.07, 6.45) is 2.60. The molecule has 116 valence electrons. The minimum atomic E-state index is -0.461. The van der Waals surface area contributed by atoms with Gasteiger partial charge in [0.15, 0.2) is 10.8 Å². The molecule has 6 nitrogen and oxygen atoms in total. The van der Waals surface area contributed by atoms with Crippen LogP contribution in [0.15, 0.2) is 42.0 Å². The average molecular weight is 330 g/mol. The summed E-state index contributed by atoms with van der Waals surface area (Å²) in [5.74, 6) is -1.09. The van der Waals surface area contributed by atoms with E-state index in [1.165, 1.54) is 12.4 Å². The predicted molar refractivity (Wildman–Crippen MR) is 82.6 cm³/mol. The van der Waals surface area contributed by atoms with Crippen molar-refractivity contribution in [2.24, 2.45) is 0 Å². The number of aromatic amines is 1. The van der Waals surface area contributed by atoms with Gasteiger partial charge >= 0.3 is 0 Å². The van der Waals surface area contributed by atoms with Crippen LogP contribution in [0.3, 0.4) is 0 Å². The lowest BCUT2D eigenvalue weighted by Gasteiger charge is -1.99. The van der Waals surface area contributed by atoms with Crippen molar-refractivity contribution in [2.45, 2.75) is 6.42 Å². The fraction of sp³-hybridized carbons (Fsp3) is 0.0667. The third kappa shape index (κ3) is 3.49. The molecule has 2 N–H and O–H groups in total. The Morgan fingerprint density at radius 1 is 1.39 bits per heavy atom. The van der Waals surface area contributed by atoms with Crippen molar-refractivity contribution in [3.63, 3.8) is 0 Å². The summed E-state index contributed by atoms with van der Waals surface area (Å²) >= 11 is 1.13. The summed E-state index contributed by atoms with van der Waals surface area (Å²) in [6.45, 7) is 0. The van der Waals surface area contributed by atoms with Crippen molar-refractivity contribution >= 4 is 22.9 Å². The fourth-order valence-corrected chi connectivity index (χ4v) is 2.65. The molecule has 0 aliphatic carbocycles. The quantitative estimate of drug-likeness (QED) is 0.426. The molecule has 1 aromatic carbocycles. The van der Waals surface area contributed by atoms with E-state index in [0.717, 1.165) is 17.4 Å². The lowest BCUT2D eigenvalue weighted by molar-refractivity contribution is 0.104. The highest BCUT2D eigenvalue weighted by Gasteiger charge is 2.13. The molecule has 3 rings (SSSR count). The number of allylic oxidation sites excluding steroid dienone is 1. The van der Waals surface area contributed by atoms with Crippen molar-refractivity contribution in [3.05, 3.63) is 70.0 Å². The Labute approximate surface area is 134 Å². The molecule has 0 aliphatic rings. The van der Waals surface area contributed by atoms with E-state index >= 15 is 0 Å². The summed E-state index contributed by atoms with van der Waals surface area (Å²) in [5.41, 5.74) is 1.10. The first-order valence-corrected chi connectivity index (χ1v) is 7.50. The maximum Gasteiger partial charge on any atom is 0.218 e. The van der Waals surface area contributed by atoms with E-state index in [1.807, 2.05) is 0 Å². The van der Waals surface area contributed by atoms with E-state index in [2.05, 4.69) is 20.2 Å². The molecular formula is C15H11FN4O2S. The molecule has 0 saturated heterocycles. The van der Waals surface area contributed by atoms with Crippen molar-refractivity contribution in [3.8, 4) is 0 Å². The standard InChI is InChI=1S/C15H11FN4O2S/c16-11-4-2-1-3-9(11)5-10-7-23-15(19-10)13(22)6-12(21)14-17-8-18-20-14/h1-4,6-8,21H,5H2,(H,17,18,20). The molecular weight excluding hydrogens is 319 g/mol. The summed E-state index contributed by atoms with van der Waals surface area (Å²) in [6, 6.07) is 6.41.